The SMILES string of the molecule is CC(C)OC(=O)c1c(NC(=O)c2cc(-c3ccc4c(c3)OCO4)n[nH]2)sc2c1CCCC2. The molecule has 8 nitrogen and oxygen atoms in total. The van der Waals surface area contributed by atoms with Crippen molar-refractivity contribution in [3.8, 4) is 22.8 Å². The molecule has 3 heterocycles. The fourth-order valence-electron chi connectivity index (χ4n) is 3.96. The van der Waals surface area contributed by atoms with E-state index in [4.69, 9.17) is 14.2 Å². The number of hydrogen-bond donors (Lipinski definition) is 2. The maximum absolute atomic E-state index is 13.0. The lowest BCUT2D eigenvalue weighted by atomic mass is 9.95. The van der Waals surface area contributed by atoms with E-state index in [1.165, 1.54) is 11.3 Å². The lowest BCUT2D eigenvalue weighted by Gasteiger charge is -2.14. The van der Waals surface area contributed by atoms with Gasteiger partial charge in [-0.1, -0.05) is 0 Å². The van der Waals surface area contributed by atoms with Gasteiger partial charge in [-0.15, -0.1) is 11.3 Å². The number of hydrogen-bond acceptors (Lipinski definition) is 7. The molecule has 2 N–H and O–H groups in total. The van der Waals surface area contributed by atoms with Gasteiger partial charge >= 0.3 is 5.97 Å². The zero-order valence-corrected chi connectivity index (χ0v) is 18.6. The van der Waals surface area contributed by atoms with Crippen LogP contribution in [0.1, 0.15) is 58.0 Å². The second kappa shape index (κ2) is 8.31. The van der Waals surface area contributed by atoms with Crippen molar-refractivity contribution in [2.24, 2.45) is 0 Å². The Bertz CT molecular complexity index is 1200. The molecular weight excluding hydrogens is 430 g/mol. The number of aryl methyl sites for hydroxylation is 1. The van der Waals surface area contributed by atoms with Gasteiger partial charge in [0, 0.05) is 10.4 Å². The minimum absolute atomic E-state index is 0.194. The quantitative estimate of drug-likeness (QED) is 0.549. The Hall–Kier alpha value is -3.33. The summed E-state index contributed by atoms with van der Waals surface area (Å²) in [5.41, 5.74) is 3.21. The Labute approximate surface area is 188 Å². The molecule has 2 aromatic heterocycles. The summed E-state index contributed by atoms with van der Waals surface area (Å²) < 4.78 is 16.2. The Morgan fingerprint density at radius 2 is 1.97 bits per heavy atom. The molecule has 1 aromatic carbocycles. The molecule has 1 aliphatic heterocycles. The van der Waals surface area contributed by atoms with Gasteiger partial charge in [-0.3, -0.25) is 9.89 Å². The van der Waals surface area contributed by atoms with Crippen LogP contribution in [0.4, 0.5) is 5.00 Å². The molecule has 0 saturated heterocycles. The van der Waals surface area contributed by atoms with Gasteiger partial charge in [-0.25, -0.2) is 4.79 Å². The highest BCUT2D eigenvalue weighted by molar-refractivity contribution is 7.17. The molecule has 166 valence electrons. The summed E-state index contributed by atoms with van der Waals surface area (Å²) in [6, 6.07) is 7.17. The number of nitrogens with one attached hydrogen (secondary N) is 2. The average molecular weight is 454 g/mol. The van der Waals surface area contributed by atoms with Crippen molar-refractivity contribution < 1.29 is 23.8 Å². The highest BCUT2D eigenvalue weighted by Crippen LogP contribution is 2.39. The van der Waals surface area contributed by atoms with E-state index in [1.54, 1.807) is 6.07 Å². The number of nitrogens with zero attached hydrogens (tertiary/aromatic N) is 1. The van der Waals surface area contributed by atoms with Crippen LogP contribution in [-0.4, -0.2) is 35.0 Å². The number of thiophene rings is 1. The lowest BCUT2D eigenvalue weighted by Crippen LogP contribution is -2.18. The third-order valence-corrected chi connectivity index (χ3v) is 6.64. The van der Waals surface area contributed by atoms with Gasteiger partial charge in [0.15, 0.2) is 11.5 Å². The molecule has 2 aliphatic rings. The monoisotopic (exact) mass is 453 g/mol. The molecule has 0 fully saturated rings. The Kier molecular flexibility index (Phi) is 5.34. The van der Waals surface area contributed by atoms with Gasteiger partial charge in [0.05, 0.1) is 17.4 Å². The molecular formula is C23H23N3O5S. The molecule has 5 rings (SSSR count). The number of fused-ring (bicyclic) bond motifs is 2. The summed E-state index contributed by atoms with van der Waals surface area (Å²) in [5, 5.41) is 10.5. The van der Waals surface area contributed by atoms with Crippen molar-refractivity contribution >= 4 is 28.2 Å². The van der Waals surface area contributed by atoms with Crippen LogP contribution in [-0.2, 0) is 17.6 Å². The van der Waals surface area contributed by atoms with Crippen molar-refractivity contribution in [3.63, 3.8) is 0 Å². The Balaban J connectivity index is 1.40. The van der Waals surface area contributed by atoms with Crippen LogP contribution in [0.2, 0.25) is 0 Å². The smallest absolute Gasteiger partial charge is 0.341 e. The largest absolute Gasteiger partial charge is 0.459 e. The number of amides is 1. The van der Waals surface area contributed by atoms with Gasteiger partial charge in [0.2, 0.25) is 6.79 Å². The zero-order valence-electron chi connectivity index (χ0n) is 17.8. The maximum atomic E-state index is 13.0. The summed E-state index contributed by atoms with van der Waals surface area (Å²) in [5.74, 6) is 0.584. The van der Waals surface area contributed by atoms with Crippen molar-refractivity contribution in [2.45, 2.75) is 45.6 Å². The van der Waals surface area contributed by atoms with Gasteiger partial charge in [-0.2, -0.15) is 5.10 Å². The normalized spacial score (nSPS) is 14.3. The number of carbonyl (C=O) groups excluding carboxylic acids is 2. The topological polar surface area (TPSA) is 103 Å². The number of carbonyl (C=O) groups is 2. The van der Waals surface area contributed by atoms with Crippen LogP contribution in [0, 0.1) is 0 Å². The van der Waals surface area contributed by atoms with Gasteiger partial charge in [0.1, 0.15) is 10.7 Å². The number of anilines is 1. The molecule has 0 bridgehead atoms. The summed E-state index contributed by atoms with van der Waals surface area (Å²) in [7, 11) is 0. The summed E-state index contributed by atoms with van der Waals surface area (Å²) in [6.45, 7) is 3.83. The number of rotatable bonds is 5. The van der Waals surface area contributed by atoms with Crippen LogP contribution in [0.5, 0.6) is 11.5 Å². The van der Waals surface area contributed by atoms with E-state index in [-0.39, 0.29) is 24.8 Å². The van der Waals surface area contributed by atoms with Crippen LogP contribution in [0.3, 0.4) is 0 Å². The van der Waals surface area contributed by atoms with E-state index in [9.17, 15) is 9.59 Å². The van der Waals surface area contributed by atoms with Gasteiger partial charge < -0.3 is 19.5 Å². The van der Waals surface area contributed by atoms with Crippen LogP contribution in [0.25, 0.3) is 11.3 Å². The number of aromatic amines is 1. The molecule has 0 saturated carbocycles. The van der Waals surface area contributed by atoms with Crippen LogP contribution >= 0.6 is 11.3 Å². The molecule has 0 unspecified atom stereocenters. The van der Waals surface area contributed by atoms with E-state index in [0.717, 1.165) is 41.7 Å². The molecule has 3 aromatic rings. The molecule has 9 heteroatoms. The first kappa shape index (κ1) is 20.6. The molecule has 1 amide bonds. The summed E-state index contributed by atoms with van der Waals surface area (Å²) in [6.07, 6.45) is 3.61. The number of H-pyrrole nitrogens is 1. The highest BCUT2D eigenvalue weighted by Gasteiger charge is 2.28. The van der Waals surface area contributed by atoms with E-state index in [0.29, 0.717) is 33.5 Å². The van der Waals surface area contributed by atoms with Crippen LogP contribution < -0.4 is 14.8 Å². The summed E-state index contributed by atoms with van der Waals surface area (Å²) in [4.78, 5) is 26.9. The number of benzene rings is 1. The van der Waals surface area contributed by atoms with E-state index >= 15 is 0 Å². The second-order valence-corrected chi connectivity index (χ2v) is 9.16. The van der Waals surface area contributed by atoms with Crippen molar-refractivity contribution in [2.75, 3.05) is 12.1 Å². The molecule has 0 spiro atoms. The van der Waals surface area contributed by atoms with Crippen molar-refractivity contribution in [1.82, 2.24) is 10.2 Å². The standard InChI is InChI=1S/C23H23N3O5S/c1-12(2)31-23(28)20-14-5-3-4-6-19(14)32-22(20)24-21(27)16-10-15(25-26-16)13-7-8-17-18(9-13)30-11-29-17/h7-10,12H,3-6,11H2,1-2H3,(H,24,27)(H,25,26). The number of esters is 1. The Morgan fingerprint density at radius 3 is 2.81 bits per heavy atom. The van der Waals surface area contributed by atoms with Crippen molar-refractivity contribution in [3.05, 3.63) is 46.0 Å². The minimum atomic E-state index is -0.389. The van der Waals surface area contributed by atoms with Gasteiger partial charge in [-0.05, 0) is 69.4 Å². The number of aromatic nitrogens is 2. The van der Waals surface area contributed by atoms with Crippen LogP contribution in [0.15, 0.2) is 24.3 Å². The van der Waals surface area contributed by atoms with E-state index < -0.39 is 0 Å². The Morgan fingerprint density at radius 1 is 1.16 bits per heavy atom. The third-order valence-electron chi connectivity index (χ3n) is 5.44. The van der Waals surface area contributed by atoms with Gasteiger partial charge in [0.25, 0.3) is 5.91 Å². The average Bonchev–Trinajstić information content (AvgIpc) is 3.50. The predicted octanol–water partition coefficient (Wildman–Crippen LogP) is 4.56. The maximum Gasteiger partial charge on any atom is 0.341 e. The van der Waals surface area contributed by atoms with Crippen molar-refractivity contribution in [1.29, 1.82) is 0 Å². The third kappa shape index (κ3) is 3.84. The molecule has 0 radical (unpaired) electrons. The lowest BCUT2D eigenvalue weighted by molar-refractivity contribution is 0.0378. The first-order valence-electron chi connectivity index (χ1n) is 10.6. The fourth-order valence-corrected chi connectivity index (χ4v) is 5.23. The first-order valence-corrected chi connectivity index (χ1v) is 11.4. The number of ether oxygens (including phenoxy) is 3. The zero-order chi connectivity index (χ0) is 22.2. The second-order valence-electron chi connectivity index (χ2n) is 8.06. The highest BCUT2D eigenvalue weighted by atomic mass is 32.1. The van der Waals surface area contributed by atoms with E-state index in [1.807, 2.05) is 32.0 Å². The predicted molar refractivity (Wildman–Crippen MR) is 120 cm³/mol. The molecule has 32 heavy (non-hydrogen) atoms. The first-order chi connectivity index (χ1) is 15.5. The fraction of sp³-hybridized carbons (Fsp3) is 0.348. The summed E-state index contributed by atoms with van der Waals surface area (Å²) >= 11 is 1.46. The van der Waals surface area contributed by atoms with E-state index in [2.05, 4.69) is 15.5 Å². The molecule has 0 atom stereocenters. The minimum Gasteiger partial charge on any atom is -0.459 e. The molecule has 1 aliphatic carbocycles.